The van der Waals surface area contributed by atoms with Gasteiger partial charge in [0.25, 0.3) is 0 Å². The fourth-order valence-corrected chi connectivity index (χ4v) is 3.68. The van der Waals surface area contributed by atoms with Crippen molar-refractivity contribution in [2.45, 2.75) is 13.5 Å². The van der Waals surface area contributed by atoms with Crippen molar-refractivity contribution >= 4 is 22.0 Å². The molecule has 1 aromatic rings. The molecule has 0 saturated carbocycles. The molecule has 0 atom stereocenters. The van der Waals surface area contributed by atoms with E-state index in [4.69, 9.17) is 29.3 Å². The number of piperazine rings is 1. The molecule has 0 aliphatic carbocycles. The van der Waals surface area contributed by atoms with E-state index in [2.05, 4.69) is 4.90 Å². The highest BCUT2D eigenvalue weighted by atomic mass is 32.2. The van der Waals surface area contributed by atoms with E-state index in [1.165, 1.54) is 0 Å². The van der Waals surface area contributed by atoms with E-state index in [0.29, 0.717) is 13.1 Å². The quantitative estimate of drug-likeness (QED) is 0.627. The molecule has 1 aliphatic rings. The summed E-state index contributed by atoms with van der Waals surface area (Å²) in [6.07, 6.45) is 0. The van der Waals surface area contributed by atoms with Gasteiger partial charge in [0.05, 0.1) is 20.0 Å². The van der Waals surface area contributed by atoms with Crippen molar-refractivity contribution < 1.29 is 37.7 Å². The number of aliphatic carboxylic acids is 2. The van der Waals surface area contributed by atoms with Crippen LogP contribution in [0.5, 0.6) is 11.5 Å². The molecule has 0 radical (unpaired) electrons. The fraction of sp³-hybridized carbons (Fsp3) is 0.529. The molecule has 1 aliphatic heterocycles. The zero-order chi connectivity index (χ0) is 21.3. The summed E-state index contributed by atoms with van der Waals surface area (Å²) in [5, 5.41) is 14.8. The van der Waals surface area contributed by atoms with Crippen LogP contribution in [0.2, 0.25) is 0 Å². The van der Waals surface area contributed by atoms with Crippen LogP contribution in [0.1, 0.15) is 12.5 Å². The number of methoxy groups -OCH3 is 2. The number of carbonyl (C=O) groups is 2. The Labute approximate surface area is 164 Å². The SMILES string of the molecule is CCS(=O)(=O)N1CCN(Cc2cc(OC)ccc2OC)CC1.O=C(O)C(=O)O. The van der Waals surface area contributed by atoms with E-state index >= 15 is 0 Å². The molecule has 11 heteroatoms. The van der Waals surface area contributed by atoms with E-state index < -0.39 is 22.0 Å². The zero-order valence-corrected chi connectivity index (χ0v) is 16.9. The molecule has 0 bridgehead atoms. The second kappa shape index (κ2) is 10.8. The second-order valence-electron chi connectivity index (χ2n) is 5.86. The third kappa shape index (κ3) is 6.98. The van der Waals surface area contributed by atoms with Gasteiger partial charge >= 0.3 is 11.9 Å². The molecule has 1 saturated heterocycles. The van der Waals surface area contributed by atoms with Gasteiger partial charge in [0, 0.05) is 38.3 Å². The molecule has 2 rings (SSSR count). The number of nitrogens with zero attached hydrogens (tertiary/aromatic N) is 2. The molecule has 0 amide bonds. The van der Waals surface area contributed by atoms with Crippen molar-refractivity contribution in [1.82, 2.24) is 9.21 Å². The van der Waals surface area contributed by atoms with Gasteiger partial charge in [-0.25, -0.2) is 18.0 Å². The minimum Gasteiger partial charge on any atom is -0.497 e. The summed E-state index contributed by atoms with van der Waals surface area (Å²) in [4.78, 5) is 20.4. The highest BCUT2D eigenvalue weighted by Crippen LogP contribution is 2.25. The molecule has 158 valence electrons. The minimum atomic E-state index is -3.08. The van der Waals surface area contributed by atoms with Crippen LogP contribution in [0.25, 0.3) is 0 Å². The smallest absolute Gasteiger partial charge is 0.414 e. The average molecular weight is 418 g/mol. The number of ether oxygens (including phenoxy) is 2. The van der Waals surface area contributed by atoms with E-state index in [1.807, 2.05) is 18.2 Å². The molecular weight excluding hydrogens is 392 g/mol. The molecule has 0 aromatic heterocycles. The van der Waals surface area contributed by atoms with Crippen molar-refractivity contribution in [3.63, 3.8) is 0 Å². The Morgan fingerprint density at radius 2 is 1.61 bits per heavy atom. The average Bonchev–Trinajstić information content (AvgIpc) is 2.68. The Morgan fingerprint density at radius 1 is 1.04 bits per heavy atom. The van der Waals surface area contributed by atoms with Crippen LogP contribution in [0.15, 0.2) is 18.2 Å². The van der Waals surface area contributed by atoms with Gasteiger partial charge in [-0.15, -0.1) is 0 Å². The monoisotopic (exact) mass is 418 g/mol. The Balaban J connectivity index is 0.000000568. The number of carboxylic acid groups (broad SMARTS) is 2. The van der Waals surface area contributed by atoms with Crippen LogP contribution in [-0.2, 0) is 26.2 Å². The van der Waals surface area contributed by atoms with E-state index in [0.717, 1.165) is 36.7 Å². The molecule has 2 N–H and O–H groups in total. The van der Waals surface area contributed by atoms with Crippen molar-refractivity contribution in [2.24, 2.45) is 0 Å². The Bertz CT molecular complexity index is 761. The van der Waals surface area contributed by atoms with Crippen molar-refractivity contribution in [2.75, 3.05) is 46.2 Å². The topological polar surface area (TPSA) is 134 Å². The van der Waals surface area contributed by atoms with Gasteiger partial charge in [0.15, 0.2) is 0 Å². The summed E-state index contributed by atoms with van der Waals surface area (Å²) in [6, 6.07) is 5.73. The van der Waals surface area contributed by atoms with Crippen LogP contribution in [0, 0.1) is 0 Å². The highest BCUT2D eigenvalue weighted by Gasteiger charge is 2.25. The van der Waals surface area contributed by atoms with Crippen molar-refractivity contribution in [3.8, 4) is 11.5 Å². The third-order valence-electron chi connectivity index (χ3n) is 4.15. The molecule has 10 nitrogen and oxygen atoms in total. The Kier molecular flexibility index (Phi) is 9.16. The predicted molar refractivity (Wildman–Crippen MR) is 101 cm³/mol. The van der Waals surface area contributed by atoms with Gasteiger partial charge in [-0.3, -0.25) is 4.90 Å². The Morgan fingerprint density at radius 3 is 2.04 bits per heavy atom. The third-order valence-corrected chi connectivity index (χ3v) is 6.04. The maximum Gasteiger partial charge on any atom is 0.414 e. The number of sulfonamides is 1. The number of benzene rings is 1. The van der Waals surface area contributed by atoms with Crippen LogP contribution in [0.4, 0.5) is 0 Å². The van der Waals surface area contributed by atoms with Gasteiger partial charge < -0.3 is 19.7 Å². The zero-order valence-electron chi connectivity index (χ0n) is 16.1. The summed E-state index contributed by atoms with van der Waals surface area (Å²) in [7, 11) is 0.210. The number of rotatable bonds is 6. The lowest BCUT2D eigenvalue weighted by Gasteiger charge is -2.34. The van der Waals surface area contributed by atoms with Gasteiger partial charge in [-0.1, -0.05) is 0 Å². The predicted octanol–water partition coefficient (Wildman–Crippen LogP) is 0.327. The molecule has 0 unspecified atom stereocenters. The molecule has 1 heterocycles. The molecule has 28 heavy (non-hydrogen) atoms. The van der Waals surface area contributed by atoms with Gasteiger partial charge in [-0.05, 0) is 25.1 Å². The second-order valence-corrected chi connectivity index (χ2v) is 8.12. The van der Waals surface area contributed by atoms with Crippen LogP contribution in [0.3, 0.4) is 0 Å². The van der Waals surface area contributed by atoms with Crippen LogP contribution in [-0.4, -0.2) is 85.9 Å². The van der Waals surface area contributed by atoms with E-state index in [-0.39, 0.29) is 5.75 Å². The maximum absolute atomic E-state index is 11.9. The maximum atomic E-state index is 11.9. The minimum absolute atomic E-state index is 0.163. The summed E-state index contributed by atoms with van der Waals surface area (Å²) in [5.41, 5.74) is 1.05. The van der Waals surface area contributed by atoms with Crippen LogP contribution >= 0.6 is 0 Å². The summed E-state index contributed by atoms with van der Waals surface area (Å²) in [6.45, 7) is 4.94. The first-order valence-corrected chi connectivity index (χ1v) is 10.1. The van der Waals surface area contributed by atoms with E-state index in [9.17, 15) is 8.42 Å². The first kappa shape index (κ1) is 23.7. The largest absolute Gasteiger partial charge is 0.497 e. The van der Waals surface area contributed by atoms with Crippen LogP contribution < -0.4 is 9.47 Å². The fourth-order valence-electron chi connectivity index (χ4n) is 2.59. The number of hydrogen-bond acceptors (Lipinski definition) is 7. The first-order valence-electron chi connectivity index (χ1n) is 8.51. The van der Waals surface area contributed by atoms with Crippen molar-refractivity contribution in [3.05, 3.63) is 23.8 Å². The number of carboxylic acids is 2. The lowest BCUT2D eigenvalue weighted by atomic mass is 10.1. The summed E-state index contributed by atoms with van der Waals surface area (Å²) >= 11 is 0. The first-order chi connectivity index (χ1) is 13.1. The summed E-state index contributed by atoms with van der Waals surface area (Å²) < 4.78 is 36.0. The van der Waals surface area contributed by atoms with Gasteiger partial charge in [0.1, 0.15) is 11.5 Å². The van der Waals surface area contributed by atoms with Crippen molar-refractivity contribution in [1.29, 1.82) is 0 Å². The molecule has 0 spiro atoms. The van der Waals surface area contributed by atoms with Gasteiger partial charge in [-0.2, -0.15) is 4.31 Å². The normalized spacial score (nSPS) is 15.2. The lowest BCUT2D eigenvalue weighted by molar-refractivity contribution is -0.159. The van der Waals surface area contributed by atoms with E-state index in [1.54, 1.807) is 25.4 Å². The number of hydrogen-bond donors (Lipinski definition) is 2. The summed E-state index contributed by atoms with van der Waals surface area (Å²) in [5.74, 6) is -1.87. The molecular formula is C17H26N2O8S. The van der Waals surface area contributed by atoms with Gasteiger partial charge in [0.2, 0.25) is 10.0 Å². The highest BCUT2D eigenvalue weighted by molar-refractivity contribution is 7.89. The molecule has 1 aromatic carbocycles. The molecule has 1 fully saturated rings. The lowest BCUT2D eigenvalue weighted by Crippen LogP contribution is -2.48. The Hall–Kier alpha value is -2.37. The standard InChI is InChI=1S/C15H24N2O4S.C2H2O4/c1-4-22(18,19)17-9-7-16(8-10-17)12-13-11-14(20-2)5-6-15(13)21-3;3-1(4)2(5)6/h5-6,11H,4,7-10,12H2,1-3H3;(H,3,4)(H,5,6).